The number of hydrogen-bond acceptors (Lipinski definition) is 5. The first kappa shape index (κ1) is 24.4. The molecule has 0 spiro atoms. The van der Waals surface area contributed by atoms with Gasteiger partial charge in [-0.3, -0.25) is 4.79 Å². The van der Waals surface area contributed by atoms with Crippen molar-refractivity contribution in [3.05, 3.63) is 83.6 Å². The van der Waals surface area contributed by atoms with Crippen molar-refractivity contribution in [2.45, 2.75) is 48.3 Å². The highest BCUT2D eigenvalue weighted by atomic mass is 32.2. The van der Waals surface area contributed by atoms with Crippen molar-refractivity contribution < 1.29 is 13.2 Å². The fraction of sp³-hybridized carbons (Fsp3) is 0.308. The number of sulfonamides is 1. The minimum Gasteiger partial charge on any atom is -0.325 e. The largest absolute Gasteiger partial charge is 0.325 e. The van der Waals surface area contributed by atoms with Gasteiger partial charge in [-0.15, -0.1) is 0 Å². The number of aryl methyl sites for hydroxylation is 2. The molecule has 1 fully saturated rings. The number of carbonyl (C=O) groups is 1. The summed E-state index contributed by atoms with van der Waals surface area (Å²) in [7, 11) is -3.54. The van der Waals surface area contributed by atoms with Crippen molar-refractivity contribution in [3.63, 3.8) is 0 Å². The topological polar surface area (TPSA) is 79.4 Å². The number of carbonyl (C=O) groups excluding carboxylic acids is 1. The molecule has 1 saturated heterocycles. The molecule has 1 aliphatic heterocycles. The van der Waals surface area contributed by atoms with Crippen molar-refractivity contribution in [1.29, 1.82) is 0 Å². The lowest BCUT2D eigenvalue weighted by Gasteiger charge is -2.25. The Morgan fingerprint density at radius 3 is 2.41 bits per heavy atom. The van der Waals surface area contributed by atoms with Gasteiger partial charge in [-0.25, -0.2) is 13.4 Å². The van der Waals surface area contributed by atoms with E-state index in [2.05, 4.69) is 10.3 Å². The van der Waals surface area contributed by atoms with Crippen LogP contribution in [-0.4, -0.2) is 36.7 Å². The van der Waals surface area contributed by atoms with E-state index in [0.717, 1.165) is 41.6 Å². The summed E-state index contributed by atoms with van der Waals surface area (Å²) in [6.45, 7) is 5.05. The zero-order chi connectivity index (χ0) is 24.1. The molecular formula is C26H29N3O3S2. The maximum Gasteiger partial charge on any atom is 0.244 e. The average molecular weight is 496 g/mol. The molecule has 34 heavy (non-hydrogen) atoms. The number of aromatic nitrogens is 1. The number of piperidine rings is 1. The molecule has 0 saturated carbocycles. The van der Waals surface area contributed by atoms with Gasteiger partial charge in [0.1, 0.15) is 10.1 Å². The Balaban J connectivity index is 1.56. The lowest BCUT2D eigenvalue weighted by molar-refractivity contribution is -0.115. The van der Waals surface area contributed by atoms with Crippen molar-refractivity contribution in [3.8, 4) is 0 Å². The van der Waals surface area contributed by atoms with Crippen molar-refractivity contribution in [2.75, 3.05) is 18.4 Å². The van der Waals surface area contributed by atoms with Crippen LogP contribution < -0.4 is 5.32 Å². The van der Waals surface area contributed by atoms with Crippen molar-refractivity contribution >= 4 is 33.4 Å². The van der Waals surface area contributed by atoms with Gasteiger partial charge in [0.25, 0.3) is 0 Å². The number of pyridine rings is 1. The molecule has 3 aromatic rings. The summed E-state index contributed by atoms with van der Waals surface area (Å²) in [6, 6.07) is 18.8. The van der Waals surface area contributed by atoms with Crippen LogP contribution in [0.1, 0.15) is 41.2 Å². The van der Waals surface area contributed by atoms with Crippen LogP contribution in [-0.2, 0) is 14.8 Å². The van der Waals surface area contributed by atoms with E-state index in [-0.39, 0.29) is 10.8 Å². The van der Waals surface area contributed by atoms with Crippen LogP contribution in [0.4, 0.5) is 5.69 Å². The first-order valence-electron chi connectivity index (χ1n) is 11.4. The van der Waals surface area contributed by atoms with E-state index in [0.29, 0.717) is 18.1 Å². The minimum atomic E-state index is -3.54. The fourth-order valence-electron chi connectivity index (χ4n) is 3.93. The zero-order valence-corrected chi connectivity index (χ0v) is 21.0. The van der Waals surface area contributed by atoms with Crippen LogP contribution in [0.5, 0.6) is 0 Å². The van der Waals surface area contributed by atoms with Crippen LogP contribution in [0, 0.1) is 13.8 Å². The van der Waals surface area contributed by atoms with Gasteiger partial charge in [0.2, 0.25) is 15.9 Å². The highest BCUT2D eigenvalue weighted by Gasteiger charge is 2.27. The highest BCUT2D eigenvalue weighted by molar-refractivity contribution is 8.00. The van der Waals surface area contributed by atoms with E-state index in [1.54, 1.807) is 12.1 Å². The van der Waals surface area contributed by atoms with Gasteiger partial charge in [0.15, 0.2) is 0 Å². The first-order valence-corrected chi connectivity index (χ1v) is 13.7. The molecule has 0 radical (unpaired) electrons. The quantitative estimate of drug-likeness (QED) is 0.447. The molecule has 1 aromatic heterocycles. The number of benzene rings is 2. The van der Waals surface area contributed by atoms with Crippen LogP contribution in [0.3, 0.4) is 0 Å². The lowest BCUT2D eigenvalue weighted by Crippen LogP contribution is -2.35. The molecule has 1 N–H and O–H groups in total. The maximum atomic E-state index is 13.4. The Labute approximate surface area is 205 Å². The monoisotopic (exact) mass is 495 g/mol. The summed E-state index contributed by atoms with van der Waals surface area (Å²) in [4.78, 5) is 17.9. The second-order valence-electron chi connectivity index (χ2n) is 8.51. The van der Waals surface area contributed by atoms with Crippen molar-refractivity contribution in [1.82, 2.24) is 9.29 Å². The van der Waals surface area contributed by atoms with Gasteiger partial charge in [-0.2, -0.15) is 4.31 Å². The second-order valence-corrected chi connectivity index (χ2v) is 11.6. The van der Waals surface area contributed by atoms with Gasteiger partial charge in [0.05, 0.1) is 5.03 Å². The molecule has 2 heterocycles. The van der Waals surface area contributed by atoms with E-state index < -0.39 is 15.3 Å². The second kappa shape index (κ2) is 10.7. The Morgan fingerprint density at radius 2 is 1.74 bits per heavy atom. The molecular weight excluding hydrogens is 466 g/mol. The molecule has 1 atom stereocenters. The Morgan fingerprint density at radius 1 is 1.00 bits per heavy atom. The predicted molar refractivity (Wildman–Crippen MR) is 136 cm³/mol. The number of amides is 1. The van der Waals surface area contributed by atoms with E-state index in [4.69, 9.17) is 0 Å². The molecule has 2 aromatic carbocycles. The number of rotatable bonds is 7. The fourth-order valence-corrected chi connectivity index (χ4v) is 6.36. The van der Waals surface area contributed by atoms with Crippen LogP contribution in [0.2, 0.25) is 0 Å². The summed E-state index contributed by atoms with van der Waals surface area (Å²) in [5.74, 6) is -0.156. The highest BCUT2D eigenvalue weighted by Crippen LogP contribution is 2.36. The van der Waals surface area contributed by atoms with E-state index in [1.807, 2.05) is 62.4 Å². The standard InChI is InChI=1S/C26H29N3O3S2/c1-19-11-12-20(2)23(17-19)28-26(30)25(21-9-5-3-6-10-21)33-24-14-13-22(18-27-24)34(31,32)29-15-7-4-8-16-29/h3,5-6,9-14,17-18,25H,4,7-8,15-16H2,1-2H3,(H,28,30)/t25-/m1/s1. The summed E-state index contributed by atoms with van der Waals surface area (Å²) in [5.41, 5.74) is 3.68. The number of anilines is 1. The molecule has 0 aliphatic carbocycles. The summed E-state index contributed by atoms with van der Waals surface area (Å²) in [6.07, 6.45) is 4.23. The van der Waals surface area contributed by atoms with E-state index in [9.17, 15) is 13.2 Å². The SMILES string of the molecule is Cc1ccc(C)c(NC(=O)[C@H](Sc2ccc(S(=O)(=O)N3CCCCC3)cn2)c2ccccc2)c1. The van der Waals surface area contributed by atoms with Gasteiger partial charge < -0.3 is 5.32 Å². The third-order valence-electron chi connectivity index (χ3n) is 5.89. The lowest BCUT2D eigenvalue weighted by atomic mass is 10.1. The Kier molecular flexibility index (Phi) is 7.70. The molecule has 1 amide bonds. The van der Waals surface area contributed by atoms with Crippen molar-refractivity contribution in [2.24, 2.45) is 0 Å². The van der Waals surface area contributed by atoms with E-state index >= 15 is 0 Å². The molecule has 0 bridgehead atoms. The summed E-state index contributed by atoms with van der Waals surface area (Å²) < 4.78 is 27.4. The van der Waals surface area contributed by atoms with Crippen LogP contribution in [0.25, 0.3) is 0 Å². The summed E-state index contributed by atoms with van der Waals surface area (Å²) >= 11 is 1.30. The normalized spacial score (nSPS) is 15.6. The van der Waals surface area contributed by atoms with Crippen LogP contribution >= 0.6 is 11.8 Å². The predicted octanol–water partition coefficient (Wildman–Crippen LogP) is 5.35. The van der Waals surface area contributed by atoms with Gasteiger partial charge >= 0.3 is 0 Å². The molecule has 0 unspecified atom stereocenters. The number of nitrogens with one attached hydrogen (secondary N) is 1. The third kappa shape index (κ3) is 5.68. The minimum absolute atomic E-state index is 0.156. The van der Waals surface area contributed by atoms with Crippen LogP contribution in [0.15, 0.2) is 76.8 Å². The zero-order valence-electron chi connectivity index (χ0n) is 19.4. The molecule has 178 valence electrons. The number of hydrogen-bond donors (Lipinski definition) is 1. The molecule has 6 nitrogen and oxygen atoms in total. The Hall–Kier alpha value is -2.68. The molecule has 4 rings (SSSR count). The average Bonchev–Trinajstić information content (AvgIpc) is 2.86. The van der Waals surface area contributed by atoms with E-state index in [1.165, 1.54) is 22.3 Å². The molecule has 8 heteroatoms. The first-order chi connectivity index (χ1) is 16.3. The Bertz CT molecular complexity index is 1240. The summed E-state index contributed by atoms with van der Waals surface area (Å²) in [5, 5.41) is 3.10. The smallest absolute Gasteiger partial charge is 0.244 e. The number of nitrogens with zero attached hydrogens (tertiary/aromatic N) is 2. The molecule has 1 aliphatic rings. The van der Waals surface area contributed by atoms with Gasteiger partial charge in [0, 0.05) is 25.0 Å². The maximum absolute atomic E-state index is 13.4. The van der Waals surface area contributed by atoms with Gasteiger partial charge in [-0.05, 0) is 61.6 Å². The third-order valence-corrected chi connectivity index (χ3v) is 8.98. The van der Waals surface area contributed by atoms with Gasteiger partial charge in [-0.1, -0.05) is 60.6 Å². The number of thioether (sulfide) groups is 1.